The number of nitrogens with one attached hydrogen (secondary N) is 2. The first-order chi connectivity index (χ1) is 9.31. The van der Waals surface area contributed by atoms with E-state index in [4.69, 9.17) is 0 Å². The molecule has 1 aliphatic rings. The molecular formula is C14H19N5. The Balaban J connectivity index is 1.75. The zero-order valence-electron chi connectivity index (χ0n) is 11.2. The van der Waals surface area contributed by atoms with E-state index in [0.29, 0.717) is 5.92 Å². The largest absolute Gasteiger partial charge is 0.341 e. The number of H-pyrrole nitrogens is 1. The lowest BCUT2D eigenvalue weighted by molar-refractivity contribution is 0.373. The van der Waals surface area contributed by atoms with Crippen LogP contribution in [0.15, 0.2) is 18.6 Å². The molecule has 0 aromatic carbocycles. The number of aromatic nitrogens is 4. The van der Waals surface area contributed by atoms with Gasteiger partial charge in [0.05, 0.1) is 11.9 Å². The zero-order chi connectivity index (χ0) is 13.1. The number of piperidine rings is 1. The van der Waals surface area contributed by atoms with Crippen molar-refractivity contribution in [2.45, 2.75) is 26.2 Å². The molecule has 0 radical (unpaired) electrons. The molecule has 0 saturated carbocycles. The second kappa shape index (κ2) is 5.48. The first kappa shape index (κ1) is 12.3. The average Bonchev–Trinajstić information content (AvgIpc) is 2.87. The topological polar surface area (TPSA) is 66.5 Å². The second-order valence-corrected chi connectivity index (χ2v) is 5.23. The number of aryl methyl sites for hydroxylation is 1. The highest BCUT2D eigenvalue weighted by Crippen LogP contribution is 2.17. The minimum absolute atomic E-state index is 0.677. The molecular weight excluding hydrogens is 238 g/mol. The molecule has 5 heteroatoms. The molecule has 0 aliphatic carbocycles. The smallest absolute Gasteiger partial charge is 0.157 e. The van der Waals surface area contributed by atoms with Crippen molar-refractivity contribution >= 4 is 0 Å². The fraction of sp³-hybridized carbons (Fsp3) is 0.500. The number of hydrogen-bond donors (Lipinski definition) is 2. The SMILES string of the molecule is Cc1cnc(-c2cncc(CC3CCCNC3)n2)[nH]1. The summed E-state index contributed by atoms with van der Waals surface area (Å²) in [6.45, 7) is 4.22. The number of imidazole rings is 1. The molecule has 1 atom stereocenters. The molecule has 2 aromatic heterocycles. The summed E-state index contributed by atoms with van der Waals surface area (Å²) in [6, 6.07) is 0. The molecule has 2 aromatic rings. The summed E-state index contributed by atoms with van der Waals surface area (Å²) >= 11 is 0. The molecule has 5 nitrogen and oxygen atoms in total. The van der Waals surface area contributed by atoms with Gasteiger partial charge < -0.3 is 10.3 Å². The lowest BCUT2D eigenvalue weighted by Crippen LogP contribution is -2.31. The van der Waals surface area contributed by atoms with E-state index in [9.17, 15) is 0 Å². The van der Waals surface area contributed by atoms with Crippen LogP contribution >= 0.6 is 0 Å². The first-order valence-corrected chi connectivity index (χ1v) is 6.85. The Morgan fingerprint density at radius 1 is 1.32 bits per heavy atom. The average molecular weight is 257 g/mol. The van der Waals surface area contributed by atoms with Crippen molar-refractivity contribution in [1.82, 2.24) is 25.3 Å². The molecule has 1 fully saturated rings. The second-order valence-electron chi connectivity index (χ2n) is 5.23. The minimum atomic E-state index is 0.677. The van der Waals surface area contributed by atoms with Gasteiger partial charge in [-0.25, -0.2) is 9.97 Å². The maximum Gasteiger partial charge on any atom is 0.157 e. The maximum absolute atomic E-state index is 4.67. The van der Waals surface area contributed by atoms with Crippen molar-refractivity contribution in [3.63, 3.8) is 0 Å². The Bertz CT molecular complexity index is 542. The normalized spacial score (nSPS) is 19.5. The van der Waals surface area contributed by atoms with E-state index in [0.717, 1.165) is 42.4 Å². The van der Waals surface area contributed by atoms with Crippen molar-refractivity contribution < 1.29 is 0 Å². The highest BCUT2D eigenvalue weighted by Gasteiger charge is 2.15. The fourth-order valence-electron chi connectivity index (χ4n) is 2.56. The van der Waals surface area contributed by atoms with E-state index in [1.165, 1.54) is 12.8 Å². The van der Waals surface area contributed by atoms with Gasteiger partial charge in [-0.05, 0) is 45.2 Å². The first-order valence-electron chi connectivity index (χ1n) is 6.85. The molecule has 2 N–H and O–H groups in total. The molecule has 0 bridgehead atoms. The molecule has 3 heterocycles. The monoisotopic (exact) mass is 257 g/mol. The third-order valence-corrected chi connectivity index (χ3v) is 3.53. The third-order valence-electron chi connectivity index (χ3n) is 3.53. The maximum atomic E-state index is 4.67. The lowest BCUT2D eigenvalue weighted by Gasteiger charge is -2.22. The van der Waals surface area contributed by atoms with Crippen molar-refractivity contribution in [1.29, 1.82) is 0 Å². The van der Waals surface area contributed by atoms with Gasteiger partial charge >= 0.3 is 0 Å². The number of hydrogen-bond acceptors (Lipinski definition) is 4. The van der Waals surface area contributed by atoms with Crippen LogP contribution in [0.1, 0.15) is 24.2 Å². The highest BCUT2D eigenvalue weighted by molar-refractivity contribution is 5.47. The van der Waals surface area contributed by atoms with Crippen molar-refractivity contribution in [3.05, 3.63) is 30.0 Å². The summed E-state index contributed by atoms with van der Waals surface area (Å²) in [4.78, 5) is 16.5. The molecule has 0 spiro atoms. The van der Waals surface area contributed by atoms with Crippen molar-refractivity contribution in [2.24, 2.45) is 5.92 Å². The van der Waals surface area contributed by atoms with Crippen molar-refractivity contribution in [2.75, 3.05) is 13.1 Å². The standard InChI is InChI=1S/C14H19N5/c1-10-6-17-14(18-10)13-9-16-8-12(19-13)5-11-3-2-4-15-7-11/h6,8-9,11,15H,2-5,7H2,1H3,(H,17,18). The van der Waals surface area contributed by atoms with Crippen LogP contribution in [-0.4, -0.2) is 33.0 Å². The van der Waals surface area contributed by atoms with Crippen LogP contribution in [0.4, 0.5) is 0 Å². The zero-order valence-corrected chi connectivity index (χ0v) is 11.2. The van der Waals surface area contributed by atoms with E-state index in [-0.39, 0.29) is 0 Å². The number of nitrogens with zero attached hydrogens (tertiary/aromatic N) is 3. The van der Waals surface area contributed by atoms with Crippen LogP contribution in [0.2, 0.25) is 0 Å². The summed E-state index contributed by atoms with van der Waals surface area (Å²) < 4.78 is 0. The molecule has 0 amide bonds. The third kappa shape index (κ3) is 2.98. The van der Waals surface area contributed by atoms with Gasteiger partial charge in [0.15, 0.2) is 5.82 Å². The number of aromatic amines is 1. The summed E-state index contributed by atoms with van der Waals surface area (Å²) in [6.07, 6.45) is 8.98. The van der Waals surface area contributed by atoms with Gasteiger partial charge in [0, 0.05) is 18.1 Å². The minimum Gasteiger partial charge on any atom is -0.341 e. The van der Waals surface area contributed by atoms with Gasteiger partial charge in [-0.1, -0.05) is 0 Å². The quantitative estimate of drug-likeness (QED) is 0.878. The van der Waals surface area contributed by atoms with Crippen molar-refractivity contribution in [3.8, 4) is 11.5 Å². The van der Waals surface area contributed by atoms with E-state index in [1.54, 1.807) is 6.20 Å². The van der Waals surface area contributed by atoms with Gasteiger partial charge in [0.2, 0.25) is 0 Å². The fourth-order valence-corrected chi connectivity index (χ4v) is 2.56. The molecule has 3 rings (SSSR count). The van der Waals surface area contributed by atoms with E-state index in [1.807, 2.05) is 19.3 Å². The Morgan fingerprint density at radius 2 is 2.26 bits per heavy atom. The summed E-state index contributed by atoms with van der Waals surface area (Å²) in [5.74, 6) is 1.48. The highest BCUT2D eigenvalue weighted by atomic mass is 15.0. The predicted molar refractivity (Wildman–Crippen MR) is 73.6 cm³/mol. The predicted octanol–water partition coefficient (Wildman–Crippen LogP) is 1.72. The van der Waals surface area contributed by atoms with Gasteiger partial charge in [-0.3, -0.25) is 4.98 Å². The summed E-state index contributed by atoms with van der Waals surface area (Å²) in [7, 11) is 0. The molecule has 19 heavy (non-hydrogen) atoms. The Morgan fingerprint density at radius 3 is 3.00 bits per heavy atom. The molecule has 100 valence electrons. The number of rotatable bonds is 3. The van der Waals surface area contributed by atoms with Crippen LogP contribution in [0.25, 0.3) is 11.5 Å². The van der Waals surface area contributed by atoms with Crippen LogP contribution in [0.5, 0.6) is 0 Å². The summed E-state index contributed by atoms with van der Waals surface area (Å²) in [5, 5.41) is 3.44. The molecule has 1 aliphatic heterocycles. The Kier molecular flexibility index (Phi) is 3.55. The van der Waals surface area contributed by atoms with Crippen LogP contribution in [0, 0.1) is 12.8 Å². The Hall–Kier alpha value is -1.75. The molecule has 1 unspecified atom stereocenters. The van der Waals surface area contributed by atoms with Gasteiger partial charge in [0.1, 0.15) is 5.69 Å². The lowest BCUT2D eigenvalue weighted by atomic mass is 9.95. The van der Waals surface area contributed by atoms with E-state index < -0.39 is 0 Å². The van der Waals surface area contributed by atoms with Gasteiger partial charge in [0.25, 0.3) is 0 Å². The van der Waals surface area contributed by atoms with E-state index >= 15 is 0 Å². The van der Waals surface area contributed by atoms with E-state index in [2.05, 4.69) is 25.3 Å². The summed E-state index contributed by atoms with van der Waals surface area (Å²) in [5.41, 5.74) is 2.92. The molecule has 1 saturated heterocycles. The Labute approximate surface area is 112 Å². The van der Waals surface area contributed by atoms with Crippen LogP contribution < -0.4 is 5.32 Å². The van der Waals surface area contributed by atoms with Crippen LogP contribution in [-0.2, 0) is 6.42 Å². The van der Waals surface area contributed by atoms with Gasteiger partial charge in [-0.2, -0.15) is 0 Å². The van der Waals surface area contributed by atoms with Gasteiger partial charge in [-0.15, -0.1) is 0 Å². The van der Waals surface area contributed by atoms with Crippen LogP contribution in [0.3, 0.4) is 0 Å².